The Balaban J connectivity index is 3.37. The van der Waals surface area contributed by atoms with E-state index in [9.17, 15) is 4.79 Å². The van der Waals surface area contributed by atoms with E-state index in [0.29, 0.717) is 5.42 Å². The average Bonchev–Trinajstić information content (AvgIpc) is 2.03. The fourth-order valence-corrected chi connectivity index (χ4v) is 0.814. The summed E-state index contributed by atoms with van der Waals surface area (Å²) in [6, 6.07) is 3.07. The molecule has 0 atom stereocenters. The SMILES string of the molecule is C=c1oc(=O)cc/c1=C/C=C\C. The first-order valence-electron chi connectivity index (χ1n) is 3.66. The van der Waals surface area contributed by atoms with Gasteiger partial charge in [-0.1, -0.05) is 24.8 Å². The molecule has 12 heavy (non-hydrogen) atoms. The summed E-state index contributed by atoms with van der Waals surface area (Å²) in [6.45, 7) is 5.52. The highest BCUT2D eigenvalue weighted by Gasteiger charge is 1.84. The number of hydrogen-bond acceptors (Lipinski definition) is 2. The van der Waals surface area contributed by atoms with E-state index in [1.54, 1.807) is 6.07 Å². The molecule has 1 rings (SSSR count). The summed E-state index contributed by atoms with van der Waals surface area (Å²) in [7, 11) is 0. The van der Waals surface area contributed by atoms with Crippen molar-refractivity contribution in [2.45, 2.75) is 6.92 Å². The molecule has 1 aromatic rings. The lowest BCUT2D eigenvalue weighted by atomic mass is 10.3. The van der Waals surface area contributed by atoms with Crippen LogP contribution in [0.4, 0.5) is 0 Å². The quantitative estimate of drug-likeness (QED) is 0.598. The Hall–Kier alpha value is -1.57. The maximum Gasteiger partial charge on any atom is 0.336 e. The highest BCUT2D eigenvalue weighted by atomic mass is 16.4. The molecule has 0 N–H and O–H groups in total. The Kier molecular flexibility index (Phi) is 2.64. The van der Waals surface area contributed by atoms with Crippen LogP contribution in [0, 0.1) is 0 Å². The van der Waals surface area contributed by atoms with Gasteiger partial charge in [0.05, 0.1) is 0 Å². The first-order valence-corrected chi connectivity index (χ1v) is 3.66. The van der Waals surface area contributed by atoms with E-state index in [1.165, 1.54) is 6.07 Å². The molecule has 0 saturated heterocycles. The van der Waals surface area contributed by atoms with Crippen molar-refractivity contribution in [3.63, 3.8) is 0 Å². The summed E-state index contributed by atoms with van der Waals surface area (Å²) in [6.07, 6.45) is 5.60. The first kappa shape index (κ1) is 8.53. The van der Waals surface area contributed by atoms with E-state index < -0.39 is 0 Å². The third kappa shape index (κ3) is 1.95. The number of allylic oxidation sites excluding steroid dienone is 2. The predicted molar refractivity (Wildman–Crippen MR) is 49.0 cm³/mol. The predicted octanol–water partition coefficient (Wildman–Crippen LogP) is 0.407. The zero-order valence-corrected chi connectivity index (χ0v) is 6.91. The summed E-state index contributed by atoms with van der Waals surface area (Å²) in [5, 5.41) is 0.827. The third-order valence-electron chi connectivity index (χ3n) is 1.41. The highest BCUT2D eigenvalue weighted by molar-refractivity contribution is 5.35. The van der Waals surface area contributed by atoms with Crippen LogP contribution in [-0.4, -0.2) is 0 Å². The maximum atomic E-state index is 10.7. The molecule has 0 bridgehead atoms. The largest absolute Gasteiger partial charge is 0.423 e. The molecule has 0 fully saturated rings. The molecule has 0 unspecified atom stereocenters. The smallest absolute Gasteiger partial charge is 0.336 e. The van der Waals surface area contributed by atoms with Gasteiger partial charge in [0.15, 0.2) is 0 Å². The van der Waals surface area contributed by atoms with Crippen LogP contribution >= 0.6 is 0 Å². The molecule has 1 heterocycles. The minimum absolute atomic E-state index is 0.363. The lowest BCUT2D eigenvalue weighted by Gasteiger charge is -1.83. The van der Waals surface area contributed by atoms with Gasteiger partial charge in [0.25, 0.3) is 0 Å². The van der Waals surface area contributed by atoms with E-state index in [-0.39, 0.29) is 5.63 Å². The van der Waals surface area contributed by atoms with Crippen LogP contribution in [0.1, 0.15) is 6.92 Å². The van der Waals surface area contributed by atoms with Crippen LogP contribution in [0.3, 0.4) is 0 Å². The molecule has 2 nitrogen and oxygen atoms in total. The number of hydrogen-bond donors (Lipinski definition) is 0. The van der Waals surface area contributed by atoms with E-state index in [4.69, 9.17) is 4.42 Å². The van der Waals surface area contributed by atoms with Crippen LogP contribution in [0.25, 0.3) is 12.7 Å². The molecule has 1 aromatic heterocycles. The Labute approximate surface area is 70.2 Å². The molecule has 0 saturated carbocycles. The number of rotatable bonds is 1. The van der Waals surface area contributed by atoms with Gasteiger partial charge in [-0.3, -0.25) is 0 Å². The summed E-state index contributed by atoms with van der Waals surface area (Å²) in [5.41, 5.74) is 0.0400. The molecule has 62 valence electrons. The van der Waals surface area contributed by atoms with Crippen molar-refractivity contribution < 1.29 is 4.42 Å². The minimum Gasteiger partial charge on any atom is -0.423 e. The monoisotopic (exact) mass is 162 g/mol. The van der Waals surface area contributed by atoms with Gasteiger partial charge >= 0.3 is 5.63 Å². The van der Waals surface area contributed by atoms with Gasteiger partial charge in [-0.25, -0.2) is 4.79 Å². The van der Waals surface area contributed by atoms with E-state index in [2.05, 4.69) is 6.58 Å². The second-order valence-corrected chi connectivity index (χ2v) is 2.33. The maximum absolute atomic E-state index is 10.7. The molecule has 0 aliphatic carbocycles. The molecule has 0 aliphatic rings. The van der Waals surface area contributed by atoms with Crippen LogP contribution in [0.5, 0.6) is 0 Å². The zero-order chi connectivity index (χ0) is 8.97. The standard InChI is InChI=1S/C10H10O2/c1-3-4-5-9-6-7-10(11)12-8(9)2/h3-7H,2H2,1H3/b4-3-,9-5-. The van der Waals surface area contributed by atoms with Crippen molar-refractivity contribution >= 4 is 12.7 Å². The van der Waals surface area contributed by atoms with E-state index in [0.717, 1.165) is 5.22 Å². The van der Waals surface area contributed by atoms with Gasteiger partial charge in [0.2, 0.25) is 0 Å². The molecule has 0 radical (unpaired) electrons. The molecule has 0 spiro atoms. The lowest BCUT2D eigenvalue weighted by Crippen LogP contribution is -2.26. The van der Waals surface area contributed by atoms with E-state index >= 15 is 0 Å². The normalized spacial score (nSPS) is 12.6. The zero-order valence-electron chi connectivity index (χ0n) is 6.91. The van der Waals surface area contributed by atoms with Gasteiger partial charge in [0, 0.05) is 11.3 Å². The second-order valence-electron chi connectivity index (χ2n) is 2.33. The molecule has 2 heteroatoms. The Morgan fingerprint density at radius 2 is 2.25 bits per heavy atom. The Morgan fingerprint density at radius 1 is 1.50 bits per heavy atom. The van der Waals surface area contributed by atoms with Crippen molar-refractivity contribution in [2.75, 3.05) is 0 Å². The van der Waals surface area contributed by atoms with Crippen LogP contribution in [0.2, 0.25) is 0 Å². The topological polar surface area (TPSA) is 30.2 Å². The molecular weight excluding hydrogens is 152 g/mol. The van der Waals surface area contributed by atoms with E-state index in [1.807, 2.05) is 25.2 Å². The lowest BCUT2D eigenvalue weighted by molar-refractivity contribution is 0.475. The van der Waals surface area contributed by atoms with Crippen molar-refractivity contribution in [3.8, 4) is 0 Å². The van der Waals surface area contributed by atoms with Gasteiger partial charge in [-0.2, -0.15) is 0 Å². The Morgan fingerprint density at radius 3 is 2.83 bits per heavy atom. The summed E-state index contributed by atoms with van der Waals surface area (Å²) in [5.74, 6) is 0. The summed E-state index contributed by atoms with van der Waals surface area (Å²) >= 11 is 0. The fraction of sp³-hybridized carbons (Fsp3) is 0.100. The van der Waals surface area contributed by atoms with Gasteiger partial charge < -0.3 is 4.42 Å². The van der Waals surface area contributed by atoms with Crippen molar-refractivity contribution in [1.82, 2.24) is 0 Å². The molecule has 0 aromatic carbocycles. The third-order valence-corrected chi connectivity index (χ3v) is 1.41. The van der Waals surface area contributed by atoms with Crippen molar-refractivity contribution in [2.24, 2.45) is 0 Å². The van der Waals surface area contributed by atoms with Gasteiger partial charge in [-0.05, 0) is 13.0 Å². The van der Waals surface area contributed by atoms with Crippen molar-refractivity contribution in [1.29, 1.82) is 0 Å². The van der Waals surface area contributed by atoms with Crippen molar-refractivity contribution in [3.05, 3.63) is 45.3 Å². The minimum atomic E-state index is -0.363. The second kappa shape index (κ2) is 3.72. The van der Waals surface area contributed by atoms with Crippen LogP contribution in [-0.2, 0) is 0 Å². The average molecular weight is 162 g/mol. The highest BCUT2D eigenvalue weighted by Crippen LogP contribution is 1.70. The summed E-state index contributed by atoms with van der Waals surface area (Å²) in [4.78, 5) is 10.7. The molecule has 0 aliphatic heterocycles. The Bertz CT molecular complexity index is 438. The van der Waals surface area contributed by atoms with Gasteiger partial charge in [-0.15, -0.1) is 0 Å². The molecule has 0 amide bonds. The molecular formula is C10H10O2. The summed E-state index contributed by atoms with van der Waals surface area (Å²) < 4.78 is 4.77. The first-order chi connectivity index (χ1) is 5.74. The fourth-order valence-electron chi connectivity index (χ4n) is 0.814. The van der Waals surface area contributed by atoms with Crippen LogP contribution in [0.15, 0.2) is 33.5 Å². The van der Waals surface area contributed by atoms with Gasteiger partial charge in [0.1, 0.15) is 5.42 Å². The van der Waals surface area contributed by atoms with Crippen LogP contribution < -0.4 is 16.3 Å².